The zero-order valence-corrected chi connectivity index (χ0v) is 6.40. The number of phenols is 2. The third-order valence-corrected chi connectivity index (χ3v) is 1.46. The second-order valence-electron chi connectivity index (χ2n) is 2.49. The highest BCUT2D eigenvalue weighted by atomic mass is 16.4. The van der Waals surface area contributed by atoms with Crippen molar-refractivity contribution < 1.29 is 20.1 Å². The number of carbonyl (C=O) groups is 1. The van der Waals surface area contributed by atoms with E-state index in [1.807, 2.05) is 0 Å². The molecule has 0 fully saturated rings. The molecular weight excluding hydrogens is 160 g/mol. The summed E-state index contributed by atoms with van der Waals surface area (Å²) in [5.74, 6) is -2.26. The molecule has 0 spiro atoms. The van der Waals surface area contributed by atoms with Gasteiger partial charge in [-0.2, -0.15) is 0 Å². The maximum atomic E-state index is 10.5. The molecule has 0 radical (unpaired) electrons. The molecular formula is C8H8O4. The van der Waals surface area contributed by atoms with E-state index in [1.165, 1.54) is 12.1 Å². The van der Waals surface area contributed by atoms with Crippen LogP contribution in [0.15, 0.2) is 12.1 Å². The molecule has 1 aromatic rings. The van der Waals surface area contributed by atoms with Gasteiger partial charge in [0.05, 0.1) is 0 Å². The Hall–Kier alpha value is -1.71. The number of carboxylic acids is 1. The van der Waals surface area contributed by atoms with Crippen LogP contribution in [0.1, 0.15) is 15.9 Å². The molecule has 1 rings (SSSR count). The van der Waals surface area contributed by atoms with Crippen molar-refractivity contribution in [2.75, 3.05) is 0 Å². The molecule has 0 aliphatic heterocycles. The van der Waals surface area contributed by atoms with Gasteiger partial charge in [0.25, 0.3) is 0 Å². The average molecular weight is 168 g/mol. The molecule has 0 saturated heterocycles. The predicted octanol–water partition coefficient (Wildman–Crippen LogP) is 1.10. The van der Waals surface area contributed by atoms with Crippen LogP contribution in [0, 0.1) is 6.92 Å². The Morgan fingerprint density at radius 3 is 2.42 bits per heavy atom. The molecule has 12 heavy (non-hydrogen) atoms. The van der Waals surface area contributed by atoms with Gasteiger partial charge in [-0.3, -0.25) is 0 Å². The molecule has 4 nitrogen and oxygen atoms in total. The minimum absolute atomic E-state index is 0.285. The van der Waals surface area contributed by atoms with Crippen molar-refractivity contribution in [3.63, 3.8) is 0 Å². The highest BCUT2D eigenvalue weighted by molar-refractivity contribution is 5.92. The molecule has 0 saturated carbocycles. The van der Waals surface area contributed by atoms with E-state index in [2.05, 4.69) is 0 Å². The van der Waals surface area contributed by atoms with Gasteiger partial charge in [-0.05, 0) is 24.6 Å². The van der Waals surface area contributed by atoms with E-state index in [-0.39, 0.29) is 5.56 Å². The molecule has 0 heterocycles. The van der Waals surface area contributed by atoms with Crippen LogP contribution < -0.4 is 0 Å². The molecule has 0 unspecified atom stereocenters. The lowest BCUT2D eigenvalue weighted by molar-refractivity contribution is 0.0693. The molecule has 0 amide bonds. The number of aromatic hydroxyl groups is 2. The highest BCUT2D eigenvalue weighted by Crippen LogP contribution is 2.29. The molecule has 1 aromatic carbocycles. The van der Waals surface area contributed by atoms with E-state index >= 15 is 0 Å². The van der Waals surface area contributed by atoms with Crippen LogP contribution in [0.25, 0.3) is 0 Å². The highest BCUT2D eigenvalue weighted by Gasteiger charge is 2.13. The molecule has 4 heteroatoms. The molecule has 0 atom stereocenters. The first-order valence-electron chi connectivity index (χ1n) is 3.28. The van der Waals surface area contributed by atoms with Crippen molar-refractivity contribution in [2.24, 2.45) is 0 Å². The summed E-state index contributed by atoms with van der Waals surface area (Å²) in [5, 5.41) is 26.6. The second kappa shape index (κ2) is 2.73. The van der Waals surface area contributed by atoms with Crippen LogP contribution in [-0.4, -0.2) is 21.3 Å². The second-order valence-corrected chi connectivity index (χ2v) is 2.49. The lowest BCUT2D eigenvalue weighted by atomic mass is 10.1. The van der Waals surface area contributed by atoms with Crippen LogP contribution in [0.3, 0.4) is 0 Å². The average Bonchev–Trinajstić information content (AvgIpc) is 1.96. The third kappa shape index (κ3) is 1.32. The number of carboxylic acid groups (broad SMARTS) is 1. The van der Waals surface area contributed by atoms with E-state index < -0.39 is 17.5 Å². The number of hydrogen-bond donors (Lipinski definition) is 3. The van der Waals surface area contributed by atoms with E-state index in [1.54, 1.807) is 6.92 Å². The van der Waals surface area contributed by atoms with Gasteiger partial charge in [0.2, 0.25) is 0 Å². The van der Waals surface area contributed by atoms with Crippen LogP contribution in [0.4, 0.5) is 0 Å². The number of aryl methyl sites for hydroxylation is 1. The van der Waals surface area contributed by atoms with Crippen molar-refractivity contribution in [1.82, 2.24) is 0 Å². The van der Waals surface area contributed by atoms with Crippen molar-refractivity contribution in [1.29, 1.82) is 0 Å². The topological polar surface area (TPSA) is 77.8 Å². The Labute approximate surface area is 68.7 Å². The van der Waals surface area contributed by atoms with Gasteiger partial charge in [-0.15, -0.1) is 0 Å². The summed E-state index contributed by atoms with van der Waals surface area (Å²) in [7, 11) is 0. The fourth-order valence-corrected chi connectivity index (χ4v) is 0.923. The monoisotopic (exact) mass is 168 g/mol. The fourth-order valence-electron chi connectivity index (χ4n) is 0.923. The Morgan fingerprint density at radius 1 is 1.33 bits per heavy atom. The summed E-state index contributed by atoms with van der Waals surface area (Å²) in [4.78, 5) is 10.5. The molecule has 0 aromatic heterocycles. The fraction of sp³-hybridized carbons (Fsp3) is 0.125. The number of phenolic OH excluding ortho intramolecular Hbond substituents is 1. The van der Waals surface area contributed by atoms with Gasteiger partial charge in [0.15, 0.2) is 11.5 Å². The van der Waals surface area contributed by atoms with Crippen LogP contribution in [0.5, 0.6) is 11.5 Å². The Morgan fingerprint density at radius 2 is 1.92 bits per heavy atom. The first-order chi connectivity index (χ1) is 5.52. The Balaban J connectivity index is 3.37. The Kier molecular flexibility index (Phi) is 1.91. The van der Waals surface area contributed by atoms with Crippen molar-refractivity contribution in [3.8, 4) is 11.5 Å². The largest absolute Gasteiger partial charge is 0.504 e. The van der Waals surface area contributed by atoms with Crippen molar-refractivity contribution in [3.05, 3.63) is 23.3 Å². The standard InChI is InChI=1S/C8H8O4/c1-4-2-5(8(11)12)7(10)6(9)3-4/h2-3,9-10H,1H3,(H,11,12). The minimum Gasteiger partial charge on any atom is -0.504 e. The van der Waals surface area contributed by atoms with Crippen molar-refractivity contribution >= 4 is 5.97 Å². The van der Waals surface area contributed by atoms with Gasteiger partial charge < -0.3 is 15.3 Å². The maximum Gasteiger partial charge on any atom is 0.339 e. The lowest BCUT2D eigenvalue weighted by Gasteiger charge is -2.02. The summed E-state index contributed by atoms with van der Waals surface area (Å²) in [6.07, 6.45) is 0. The van der Waals surface area contributed by atoms with Gasteiger partial charge in [0, 0.05) is 0 Å². The van der Waals surface area contributed by atoms with Crippen LogP contribution >= 0.6 is 0 Å². The molecule has 3 N–H and O–H groups in total. The third-order valence-electron chi connectivity index (χ3n) is 1.46. The summed E-state index contributed by atoms with van der Waals surface area (Å²) in [6, 6.07) is 2.58. The molecule has 64 valence electrons. The molecule has 0 aliphatic carbocycles. The zero-order valence-electron chi connectivity index (χ0n) is 6.40. The summed E-state index contributed by atoms with van der Waals surface area (Å²) in [5.41, 5.74) is 0.301. The number of rotatable bonds is 1. The normalized spacial score (nSPS) is 9.75. The van der Waals surface area contributed by atoms with E-state index in [0.717, 1.165) is 0 Å². The van der Waals surface area contributed by atoms with Crippen LogP contribution in [-0.2, 0) is 0 Å². The van der Waals surface area contributed by atoms with E-state index in [0.29, 0.717) is 5.56 Å². The lowest BCUT2D eigenvalue weighted by Crippen LogP contribution is -1.97. The Bertz CT molecular complexity index is 330. The molecule has 0 bridgehead atoms. The SMILES string of the molecule is Cc1cc(O)c(O)c(C(=O)O)c1. The van der Waals surface area contributed by atoms with E-state index in [9.17, 15) is 4.79 Å². The van der Waals surface area contributed by atoms with Crippen LogP contribution in [0.2, 0.25) is 0 Å². The van der Waals surface area contributed by atoms with Crippen molar-refractivity contribution in [2.45, 2.75) is 6.92 Å². The molecule has 0 aliphatic rings. The minimum atomic E-state index is -1.26. The van der Waals surface area contributed by atoms with Gasteiger partial charge in [0.1, 0.15) is 5.56 Å². The van der Waals surface area contributed by atoms with Gasteiger partial charge >= 0.3 is 5.97 Å². The number of aromatic carboxylic acids is 1. The summed E-state index contributed by atoms with van der Waals surface area (Å²) < 4.78 is 0. The van der Waals surface area contributed by atoms with Gasteiger partial charge in [-0.1, -0.05) is 0 Å². The predicted molar refractivity (Wildman–Crippen MR) is 41.5 cm³/mol. The maximum absolute atomic E-state index is 10.5. The number of benzene rings is 1. The van der Waals surface area contributed by atoms with Gasteiger partial charge in [-0.25, -0.2) is 4.79 Å². The first-order valence-corrected chi connectivity index (χ1v) is 3.28. The number of hydrogen-bond acceptors (Lipinski definition) is 3. The smallest absolute Gasteiger partial charge is 0.339 e. The first kappa shape index (κ1) is 8.39. The van der Waals surface area contributed by atoms with E-state index in [4.69, 9.17) is 15.3 Å². The summed E-state index contributed by atoms with van der Waals surface area (Å²) >= 11 is 0. The quantitative estimate of drug-likeness (QED) is 0.549. The summed E-state index contributed by atoms with van der Waals surface area (Å²) in [6.45, 7) is 1.63. The zero-order chi connectivity index (χ0) is 9.30.